The lowest BCUT2D eigenvalue weighted by Gasteiger charge is -2.43. The van der Waals surface area contributed by atoms with Gasteiger partial charge in [-0.2, -0.15) is 11.8 Å². The first-order valence-corrected chi connectivity index (χ1v) is 8.76. The first-order valence-electron chi connectivity index (χ1n) is 7.61. The van der Waals surface area contributed by atoms with Crippen molar-refractivity contribution in [3.05, 3.63) is 0 Å². The van der Waals surface area contributed by atoms with Crippen LogP contribution in [0.4, 0.5) is 4.79 Å². The van der Waals surface area contributed by atoms with Crippen LogP contribution in [0.25, 0.3) is 0 Å². The van der Waals surface area contributed by atoms with Crippen molar-refractivity contribution in [2.45, 2.75) is 44.2 Å². The number of hydrogen-bond acceptors (Lipinski definition) is 4. The van der Waals surface area contributed by atoms with E-state index in [2.05, 4.69) is 0 Å². The molecule has 0 aromatic carbocycles. The lowest BCUT2D eigenvalue weighted by molar-refractivity contribution is -0.138. The molecule has 0 spiro atoms. The fourth-order valence-corrected chi connectivity index (χ4v) is 3.88. The maximum absolute atomic E-state index is 12.8. The van der Waals surface area contributed by atoms with Gasteiger partial charge in [-0.3, -0.25) is 4.79 Å². The Morgan fingerprint density at radius 2 is 2.10 bits per heavy atom. The molecule has 21 heavy (non-hydrogen) atoms. The summed E-state index contributed by atoms with van der Waals surface area (Å²) in [4.78, 5) is 27.4. The molecule has 2 N–H and O–H groups in total. The Morgan fingerprint density at radius 1 is 1.33 bits per heavy atom. The molecule has 0 bridgehead atoms. The number of carbonyl (C=O) groups excluding carboxylic acids is 1. The van der Waals surface area contributed by atoms with Crippen LogP contribution in [0.5, 0.6) is 0 Å². The number of aliphatic hydroxyl groups excluding tert-OH is 1. The summed E-state index contributed by atoms with van der Waals surface area (Å²) in [5, 5.41) is 18.0. The standard InChI is InChI=1S/C14H24N2O4S/c17-7-2-5-15(11-3-1-4-11)14(20)16-6-8-21-10-12(16)9-13(18)19/h11-12,17H,1-10H2,(H,18,19). The zero-order chi connectivity index (χ0) is 15.2. The highest BCUT2D eigenvalue weighted by atomic mass is 32.2. The molecule has 0 radical (unpaired) electrons. The zero-order valence-corrected chi connectivity index (χ0v) is 13.1. The second-order valence-corrected chi connectivity index (χ2v) is 6.81. The molecule has 7 heteroatoms. The van der Waals surface area contributed by atoms with Crippen molar-refractivity contribution >= 4 is 23.8 Å². The second-order valence-electron chi connectivity index (χ2n) is 5.66. The number of aliphatic carboxylic acids is 1. The summed E-state index contributed by atoms with van der Waals surface area (Å²) in [6, 6.07) is 0.00857. The Morgan fingerprint density at radius 3 is 2.67 bits per heavy atom. The molecule has 120 valence electrons. The van der Waals surface area contributed by atoms with Gasteiger partial charge < -0.3 is 20.0 Å². The monoisotopic (exact) mass is 316 g/mol. The van der Waals surface area contributed by atoms with Crippen molar-refractivity contribution in [1.29, 1.82) is 0 Å². The predicted octanol–water partition coefficient (Wildman–Crippen LogP) is 1.24. The van der Waals surface area contributed by atoms with Crippen LogP contribution < -0.4 is 0 Å². The topological polar surface area (TPSA) is 81.1 Å². The highest BCUT2D eigenvalue weighted by molar-refractivity contribution is 7.99. The molecule has 2 fully saturated rings. The minimum Gasteiger partial charge on any atom is -0.481 e. The third-order valence-electron chi connectivity index (χ3n) is 4.20. The van der Waals surface area contributed by atoms with Crippen LogP contribution in [0, 0.1) is 0 Å². The summed E-state index contributed by atoms with van der Waals surface area (Å²) in [7, 11) is 0. The molecule has 6 nitrogen and oxygen atoms in total. The number of amides is 2. The van der Waals surface area contributed by atoms with E-state index in [0.29, 0.717) is 25.3 Å². The first-order chi connectivity index (χ1) is 10.1. The quantitative estimate of drug-likeness (QED) is 0.770. The molecule has 1 saturated heterocycles. The predicted molar refractivity (Wildman–Crippen MR) is 81.5 cm³/mol. The van der Waals surface area contributed by atoms with Crippen molar-refractivity contribution in [3.8, 4) is 0 Å². The lowest BCUT2D eigenvalue weighted by Crippen LogP contribution is -2.56. The molecule has 2 aliphatic rings. The number of hydrogen-bond donors (Lipinski definition) is 2. The van der Waals surface area contributed by atoms with Gasteiger partial charge in [-0.25, -0.2) is 4.79 Å². The molecule has 1 aliphatic carbocycles. The van der Waals surface area contributed by atoms with Crippen molar-refractivity contribution in [2.75, 3.05) is 31.2 Å². The molecular formula is C14H24N2O4S. The molecule has 1 unspecified atom stereocenters. The molecule has 0 aromatic rings. The Bertz CT molecular complexity index is 376. The summed E-state index contributed by atoms with van der Waals surface area (Å²) in [6.45, 7) is 1.25. The normalized spacial score (nSPS) is 22.7. The van der Waals surface area contributed by atoms with Crippen LogP contribution in [-0.4, -0.2) is 75.3 Å². The van der Waals surface area contributed by atoms with Gasteiger partial charge in [0.2, 0.25) is 0 Å². The minimum atomic E-state index is -0.856. The maximum atomic E-state index is 12.8. The molecule has 0 aromatic heterocycles. The third kappa shape index (κ3) is 4.26. The molecule has 2 amide bonds. The molecular weight excluding hydrogens is 292 g/mol. The molecule has 1 heterocycles. The Hall–Kier alpha value is -0.950. The average Bonchev–Trinajstić information content (AvgIpc) is 2.40. The van der Waals surface area contributed by atoms with Crippen molar-refractivity contribution in [3.63, 3.8) is 0 Å². The fourth-order valence-electron chi connectivity index (χ4n) is 2.82. The van der Waals surface area contributed by atoms with Gasteiger partial charge in [0.1, 0.15) is 0 Å². The summed E-state index contributed by atoms with van der Waals surface area (Å²) in [6.07, 6.45) is 3.76. The van der Waals surface area contributed by atoms with Crippen LogP contribution >= 0.6 is 11.8 Å². The molecule has 1 saturated carbocycles. The second kappa shape index (κ2) is 7.89. The van der Waals surface area contributed by atoms with Crippen LogP contribution in [-0.2, 0) is 4.79 Å². The Balaban J connectivity index is 2.03. The van der Waals surface area contributed by atoms with Crippen molar-refractivity contribution in [1.82, 2.24) is 9.80 Å². The van der Waals surface area contributed by atoms with Gasteiger partial charge in [0, 0.05) is 37.2 Å². The average molecular weight is 316 g/mol. The highest BCUT2D eigenvalue weighted by Gasteiger charge is 2.35. The fraction of sp³-hybridized carbons (Fsp3) is 0.857. The zero-order valence-electron chi connectivity index (χ0n) is 12.2. The number of carboxylic acids is 1. The number of thioether (sulfide) groups is 1. The van der Waals surface area contributed by atoms with Crippen molar-refractivity contribution < 1.29 is 19.8 Å². The SMILES string of the molecule is O=C(O)CC1CSCCN1C(=O)N(CCCO)C1CCC1. The van der Waals surface area contributed by atoms with Crippen LogP contribution in [0.3, 0.4) is 0 Å². The smallest absolute Gasteiger partial charge is 0.320 e. The van der Waals surface area contributed by atoms with Gasteiger partial charge in [-0.15, -0.1) is 0 Å². The Labute approximate surface area is 129 Å². The number of aliphatic hydroxyl groups is 1. The summed E-state index contributed by atoms with van der Waals surface area (Å²) in [5.74, 6) is 0.697. The Kier molecular flexibility index (Phi) is 6.17. The third-order valence-corrected chi connectivity index (χ3v) is 5.29. The number of carboxylic acid groups (broad SMARTS) is 1. The van der Waals surface area contributed by atoms with E-state index < -0.39 is 5.97 Å². The first kappa shape index (κ1) is 16.4. The van der Waals surface area contributed by atoms with Gasteiger partial charge in [0.15, 0.2) is 0 Å². The summed E-state index contributed by atoms with van der Waals surface area (Å²) in [5.41, 5.74) is 0. The van der Waals surface area contributed by atoms with E-state index in [-0.39, 0.29) is 31.1 Å². The largest absolute Gasteiger partial charge is 0.481 e. The van der Waals surface area contributed by atoms with E-state index in [1.165, 1.54) is 0 Å². The van der Waals surface area contributed by atoms with E-state index in [1.807, 2.05) is 4.90 Å². The van der Waals surface area contributed by atoms with Gasteiger partial charge in [-0.1, -0.05) is 0 Å². The minimum absolute atomic E-state index is 0.0112. The van der Waals surface area contributed by atoms with E-state index in [1.54, 1.807) is 16.7 Å². The van der Waals surface area contributed by atoms with Gasteiger partial charge in [0.05, 0.1) is 12.5 Å². The van der Waals surface area contributed by atoms with Gasteiger partial charge in [-0.05, 0) is 25.7 Å². The number of carbonyl (C=O) groups is 2. The van der Waals surface area contributed by atoms with Gasteiger partial charge in [0.25, 0.3) is 0 Å². The molecule has 1 aliphatic heterocycles. The summed E-state index contributed by atoms with van der Waals surface area (Å²) >= 11 is 1.71. The number of nitrogens with zero attached hydrogens (tertiary/aromatic N) is 2. The highest BCUT2D eigenvalue weighted by Crippen LogP contribution is 2.28. The van der Waals surface area contributed by atoms with E-state index in [0.717, 1.165) is 25.0 Å². The molecule has 1 atom stereocenters. The van der Waals surface area contributed by atoms with Gasteiger partial charge >= 0.3 is 12.0 Å². The van der Waals surface area contributed by atoms with Crippen LogP contribution in [0.1, 0.15) is 32.1 Å². The maximum Gasteiger partial charge on any atom is 0.320 e. The van der Waals surface area contributed by atoms with E-state index in [4.69, 9.17) is 10.2 Å². The lowest BCUT2D eigenvalue weighted by atomic mass is 9.91. The van der Waals surface area contributed by atoms with Crippen LogP contribution in [0.15, 0.2) is 0 Å². The van der Waals surface area contributed by atoms with Crippen LogP contribution in [0.2, 0.25) is 0 Å². The number of urea groups is 1. The summed E-state index contributed by atoms with van der Waals surface area (Å²) < 4.78 is 0. The van der Waals surface area contributed by atoms with Crippen molar-refractivity contribution in [2.24, 2.45) is 0 Å². The van der Waals surface area contributed by atoms with E-state index >= 15 is 0 Å². The number of rotatable bonds is 6. The molecule has 2 rings (SSSR count). The van der Waals surface area contributed by atoms with E-state index in [9.17, 15) is 9.59 Å².